The van der Waals surface area contributed by atoms with Gasteiger partial charge in [-0.2, -0.15) is 20.0 Å². The number of hydrogen-bond acceptors (Lipinski definition) is 4. The van der Waals surface area contributed by atoms with Crippen LogP contribution in [-0.4, -0.2) is 30.9 Å². The third-order valence-corrected chi connectivity index (χ3v) is 4.87. The van der Waals surface area contributed by atoms with Crippen molar-refractivity contribution in [3.63, 3.8) is 0 Å². The van der Waals surface area contributed by atoms with Gasteiger partial charge in [0, 0.05) is 5.92 Å². The van der Waals surface area contributed by atoms with Gasteiger partial charge in [-0.3, -0.25) is 5.10 Å². The molecule has 1 N–H and O–H groups in total. The molecule has 0 saturated heterocycles. The summed E-state index contributed by atoms with van der Waals surface area (Å²) in [6.07, 6.45) is 3.97. The number of aromatic amines is 1. The lowest BCUT2D eigenvalue weighted by Gasteiger charge is -2.03. The molecule has 0 bridgehead atoms. The van der Waals surface area contributed by atoms with Crippen molar-refractivity contribution in [1.29, 1.82) is 0 Å². The van der Waals surface area contributed by atoms with E-state index in [1.807, 2.05) is 37.3 Å². The zero-order valence-electron chi connectivity index (χ0n) is 13.7. The molecule has 25 heavy (non-hydrogen) atoms. The molecule has 128 valence electrons. The van der Waals surface area contributed by atoms with Crippen molar-refractivity contribution < 1.29 is 0 Å². The number of aromatic nitrogens is 5. The van der Waals surface area contributed by atoms with Gasteiger partial charge in [0.2, 0.25) is 4.77 Å². The van der Waals surface area contributed by atoms with E-state index in [2.05, 4.69) is 20.4 Å². The molecule has 0 aliphatic heterocycles. The highest BCUT2D eigenvalue weighted by Gasteiger charge is 2.29. The fraction of sp³-hybridized carbons (Fsp3) is 0.294. The second-order valence-electron chi connectivity index (χ2n) is 6.15. The van der Waals surface area contributed by atoms with E-state index in [0.29, 0.717) is 22.4 Å². The monoisotopic (exact) mass is 372 g/mol. The van der Waals surface area contributed by atoms with Gasteiger partial charge in [-0.15, -0.1) is 0 Å². The minimum Gasteiger partial charge on any atom is -0.250 e. The van der Waals surface area contributed by atoms with Crippen molar-refractivity contribution in [3.05, 3.63) is 62.9 Å². The quantitative estimate of drug-likeness (QED) is 0.545. The Morgan fingerprint density at radius 2 is 2.12 bits per heavy atom. The summed E-state index contributed by atoms with van der Waals surface area (Å²) in [5.74, 6) is 1.33. The Morgan fingerprint density at radius 3 is 2.84 bits per heavy atom. The Labute approximate surface area is 155 Å². The Bertz CT molecular complexity index is 980. The Balaban J connectivity index is 1.63. The summed E-state index contributed by atoms with van der Waals surface area (Å²) >= 11 is 11.8. The fourth-order valence-corrected chi connectivity index (χ4v) is 3.18. The number of halogens is 1. The van der Waals surface area contributed by atoms with Gasteiger partial charge in [-0.05, 0) is 37.5 Å². The molecule has 6 nitrogen and oxygen atoms in total. The average molecular weight is 373 g/mol. The van der Waals surface area contributed by atoms with Crippen LogP contribution in [0.25, 0.3) is 0 Å². The lowest BCUT2D eigenvalue weighted by Crippen LogP contribution is -2.02. The molecule has 0 unspecified atom stereocenters. The van der Waals surface area contributed by atoms with Crippen molar-refractivity contribution in [2.24, 2.45) is 5.10 Å². The molecule has 1 saturated carbocycles. The minimum absolute atomic E-state index is 0.447. The molecule has 3 aromatic rings. The van der Waals surface area contributed by atoms with Gasteiger partial charge in [0.1, 0.15) is 5.15 Å². The first-order chi connectivity index (χ1) is 12.1. The Morgan fingerprint density at radius 1 is 1.36 bits per heavy atom. The normalized spacial score (nSPS) is 14.5. The van der Waals surface area contributed by atoms with Crippen LogP contribution in [0.3, 0.4) is 0 Å². The first-order valence-corrected chi connectivity index (χ1v) is 8.90. The van der Waals surface area contributed by atoms with Gasteiger partial charge >= 0.3 is 0 Å². The van der Waals surface area contributed by atoms with E-state index in [1.165, 1.54) is 0 Å². The predicted molar refractivity (Wildman–Crippen MR) is 99.9 cm³/mol. The van der Waals surface area contributed by atoms with Crippen molar-refractivity contribution in [2.75, 3.05) is 0 Å². The first kappa shape index (κ1) is 16.2. The van der Waals surface area contributed by atoms with Gasteiger partial charge in [0.25, 0.3) is 0 Å². The van der Waals surface area contributed by atoms with E-state index in [1.54, 1.807) is 15.6 Å². The average Bonchev–Trinajstić information content (AvgIpc) is 3.34. The van der Waals surface area contributed by atoms with Crippen LogP contribution in [0.5, 0.6) is 0 Å². The van der Waals surface area contributed by atoms with Gasteiger partial charge in [-0.1, -0.05) is 41.9 Å². The van der Waals surface area contributed by atoms with E-state index in [9.17, 15) is 0 Å². The van der Waals surface area contributed by atoms with Crippen molar-refractivity contribution in [3.8, 4) is 0 Å². The topological polar surface area (TPSA) is 63.8 Å². The Hall–Kier alpha value is -2.25. The third kappa shape index (κ3) is 3.29. The zero-order valence-corrected chi connectivity index (χ0v) is 15.3. The summed E-state index contributed by atoms with van der Waals surface area (Å²) in [6.45, 7) is 2.54. The molecule has 2 heterocycles. The summed E-state index contributed by atoms with van der Waals surface area (Å²) in [5, 5.41) is 16.7. The van der Waals surface area contributed by atoms with Crippen LogP contribution in [0.2, 0.25) is 5.15 Å². The maximum atomic E-state index is 6.52. The molecule has 4 rings (SSSR count). The highest BCUT2D eigenvalue weighted by atomic mass is 35.5. The van der Waals surface area contributed by atoms with E-state index in [0.717, 1.165) is 35.5 Å². The molecule has 0 radical (unpaired) electrons. The number of rotatable bonds is 5. The predicted octanol–water partition coefficient (Wildman–Crippen LogP) is 3.91. The minimum atomic E-state index is 0.447. The molecular weight excluding hydrogens is 356 g/mol. The summed E-state index contributed by atoms with van der Waals surface area (Å²) in [7, 11) is 0. The lowest BCUT2D eigenvalue weighted by molar-refractivity contribution is 0.680. The second-order valence-corrected chi connectivity index (χ2v) is 6.90. The van der Waals surface area contributed by atoms with E-state index in [-0.39, 0.29) is 0 Å². The van der Waals surface area contributed by atoms with Gasteiger partial charge in [0.05, 0.1) is 24.0 Å². The van der Waals surface area contributed by atoms with Gasteiger partial charge < -0.3 is 0 Å². The molecule has 0 atom stereocenters. The standard InChI is InChI=1S/C17H17ClN6S/c1-11-14(9-19-24-16(13-7-8-13)20-21-17(24)25)15(18)23(22-11)10-12-5-3-2-4-6-12/h2-6,9,13H,7-8,10H2,1H3,(H,21,25). The molecule has 8 heteroatoms. The molecule has 1 aromatic carbocycles. The van der Waals surface area contributed by atoms with Crippen LogP contribution in [0.1, 0.15) is 41.4 Å². The molecule has 0 spiro atoms. The van der Waals surface area contributed by atoms with Crippen LogP contribution in [0.4, 0.5) is 0 Å². The highest BCUT2D eigenvalue weighted by Crippen LogP contribution is 2.38. The largest absolute Gasteiger partial charge is 0.250 e. The number of nitrogens with one attached hydrogen (secondary N) is 1. The summed E-state index contributed by atoms with van der Waals surface area (Å²) in [4.78, 5) is 0. The van der Waals surface area contributed by atoms with Crippen molar-refractivity contribution >= 4 is 30.0 Å². The van der Waals surface area contributed by atoms with E-state index in [4.69, 9.17) is 23.8 Å². The molecule has 1 fully saturated rings. The molecule has 0 amide bonds. The molecule has 1 aliphatic carbocycles. The summed E-state index contributed by atoms with van der Waals surface area (Å²) < 4.78 is 3.95. The lowest BCUT2D eigenvalue weighted by atomic mass is 10.2. The fourth-order valence-electron chi connectivity index (χ4n) is 2.71. The van der Waals surface area contributed by atoms with Crippen LogP contribution < -0.4 is 0 Å². The number of benzene rings is 1. The third-order valence-electron chi connectivity index (χ3n) is 4.20. The molecule has 2 aromatic heterocycles. The van der Waals surface area contributed by atoms with Gasteiger partial charge in [0.15, 0.2) is 5.82 Å². The summed E-state index contributed by atoms with van der Waals surface area (Å²) in [5.41, 5.74) is 2.76. The maximum absolute atomic E-state index is 6.52. The molecular formula is C17H17ClN6S. The van der Waals surface area contributed by atoms with E-state index >= 15 is 0 Å². The number of nitrogens with zero attached hydrogens (tertiary/aromatic N) is 5. The van der Waals surface area contributed by atoms with Crippen LogP contribution in [0, 0.1) is 11.7 Å². The SMILES string of the molecule is Cc1nn(Cc2ccccc2)c(Cl)c1C=Nn1c(C2CC2)n[nH]c1=S. The number of hydrogen-bond donors (Lipinski definition) is 1. The van der Waals surface area contributed by atoms with Crippen LogP contribution >= 0.6 is 23.8 Å². The van der Waals surface area contributed by atoms with Gasteiger partial charge in [-0.25, -0.2) is 4.68 Å². The van der Waals surface area contributed by atoms with Crippen molar-refractivity contribution in [2.45, 2.75) is 32.2 Å². The number of aryl methyl sites for hydroxylation is 1. The maximum Gasteiger partial charge on any atom is 0.216 e. The smallest absolute Gasteiger partial charge is 0.216 e. The Kier molecular flexibility index (Phi) is 4.27. The van der Waals surface area contributed by atoms with Crippen molar-refractivity contribution in [1.82, 2.24) is 24.7 Å². The summed E-state index contributed by atoms with van der Waals surface area (Å²) in [6, 6.07) is 10.1. The number of H-pyrrole nitrogens is 1. The van der Waals surface area contributed by atoms with Crippen LogP contribution in [-0.2, 0) is 6.54 Å². The second kappa shape index (κ2) is 6.57. The van der Waals surface area contributed by atoms with E-state index < -0.39 is 0 Å². The zero-order chi connectivity index (χ0) is 17.4. The highest BCUT2D eigenvalue weighted by molar-refractivity contribution is 7.71. The molecule has 1 aliphatic rings. The van der Waals surface area contributed by atoms with Crippen LogP contribution in [0.15, 0.2) is 35.4 Å². The first-order valence-electron chi connectivity index (χ1n) is 8.12.